The molecule has 49 heavy (non-hydrogen) atoms. The van der Waals surface area contributed by atoms with E-state index in [1.807, 2.05) is 13.1 Å². The van der Waals surface area contributed by atoms with Crippen LogP contribution in [0.2, 0.25) is 0 Å². The van der Waals surface area contributed by atoms with Gasteiger partial charge in [-0.25, -0.2) is 9.59 Å². The van der Waals surface area contributed by atoms with E-state index >= 15 is 0 Å². The Morgan fingerprint density at radius 2 is 1.63 bits per heavy atom. The molecule has 6 rings (SSSR count). The number of benzene rings is 2. The van der Waals surface area contributed by atoms with Crippen molar-refractivity contribution in [2.24, 2.45) is 0 Å². The molecule has 2 aromatic rings. The van der Waals surface area contributed by atoms with E-state index < -0.39 is 58.3 Å². The second kappa shape index (κ2) is 12.3. The molecular formula is C38H45NO10. The molecule has 1 saturated heterocycles. The Morgan fingerprint density at radius 1 is 0.959 bits per heavy atom. The predicted molar refractivity (Wildman–Crippen MR) is 177 cm³/mol. The molecule has 1 fully saturated rings. The quantitative estimate of drug-likeness (QED) is 0.303. The molecule has 4 aliphatic rings. The van der Waals surface area contributed by atoms with Gasteiger partial charge in [-0.2, -0.15) is 0 Å². The molecule has 0 aromatic heterocycles. The lowest BCUT2D eigenvalue weighted by atomic mass is 9.50. The number of piperidine rings is 1. The first kappa shape index (κ1) is 34.6. The van der Waals surface area contributed by atoms with Crippen LogP contribution in [-0.4, -0.2) is 76.4 Å². The third-order valence-corrected chi connectivity index (χ3v) is 9.73. The van der Waals surface area contributed by atoms with E-state index in [1.54, 1.807) is 84.0 Å². The molecule has 0 radical (unpaired) electrons. The van der Waals surface area contributed by atoms with Crippen LogP contribution in [0.3, 0.4) is 0 Å². The topological polar surface area (TPSA) is 138 Å². The van der Waals surface area contributed by atoms with Crippen LogP contribution in [0.15, 0.2) is 54.3 Å². The summed E-state index contributed by atoms with van der Waals surface area (Å²) in [6.07, 6.45) is -0.0186. The summed E-state index contributed by atoms with van der Waals surface area (Å²) < 4.78 is 29.4. The first-order chi connectivity index (χ1) is 22.9. The molecule has 1 spiro atoms. The Morgan fingerprint density at radius 3 is 2.31 bits per heavy atom. The standard InChI is InChI=1S/C38H45NO10/c1-35(2,3)48-28(41)16-15-27(40)46-30(22-11-9-8-10-12-22)34(43)45-25-17-18-38(44)26-21-23-13-14-24(33(42)49-36(4,5)6)31-29(23)37(38,32(25)47-31)19-20-39(26)7/h8-14,17,26,30,32,44H,15-16,18-21H2,1-7H3/t26-,30+,32+,37+,38-/m1/s1. The number of carbonyl (C=O) groups is 4. The number of rotatable bonds is 8. The van der Waals surface area contributed by atoms with Crippen LogP contribution in [0.1, 0.15) is 100 Å². The molecule has 0 saturated carbocycles. The Labute approximate surface area is 286 Å². The van der Waals surface area contributed by atoms with Crippen molar-refractivity contribution in [1.82, 2.24) is 4.90 Å². The molecule has 2 aliphatic heterocycles. The molecule has 2 aromatic carbocycles. The summed E-state index contributed by atoms with van der Waals surface area (Å²) in [4.78, 5) is 54.8. The summed E-state index contributed by atoms with van der Waals surface area (Å²) >= 11 is 0. The zero-order valence-corrected chi connectivity index (χ0v) is 29.2. The predicted octanol–water partition coefficient (Wildman–Crippen LogP) is 4.87. The lowest BCUT2D eigenvalue weighted by Crippen LogP contribution is -2.74. The minimum absolute atomic E-state index is 0.169. The first-order valence-electron chi connectivity index (χ1n) is 16.8. The molecule has 11 nitrogen and oxygen atoms in total. The van der Waals surface area contributed by atoms with Gasteiger partial charge in [0, 0.05) is 23.6 Å². The van der Waals surface area contributed by atoms with Gasteiger partial charge in [0.25, 0.3) is 0 Å². The van der Waals surface area contributed by atoms with Crippen LogP contribution in [0.25, 0.3) is 0 Å². The highest BCUT2D eigenvalue weighted by Crippen LogP contribution is 2.64. The van der Waals surface area contributed by atoms with Gasteiger partial charge in [0.05, 0.1) is 23.9 Å². The molecule has 11 heteroatoms. The van der Waals surface area contributed by atoms with Gasteiger partial charge >= 0.3 is 23.9 Å². The van der Waals surface area contributed by atoms with Gasteiger partial charge in [-0.05, 0) is 85.7 Å². The van der Waals surface area contributed by atoms with Gasteiger partial charge in [0.2, 0.25) is 6.10 Å². The number of ether oxygens (including phenoxy) is 5. The molecule has 0 unspecified atom stereocenters. The summed E-state index contributed by atoms with van der Waals surface area (Å²) in [5.41, 5.74) is -1.42. The van der Waals surface area contributed by atoms with Crippen molar-refractivity contribution in [3.8, 4) is 5.75 Å². The largest absolute Gasteiger partial charge is 0.480 e. The first-order valence-corrected chi connectivity index (χ1v) is 16.8. The molecular weight excluding hydrogens is 630 g/mol. The van der Waals surface area contributed by atoms with Crippen LogP contribution in [0.5, 0.6) is 5.75 Å². The van der Waals surface area contributed by atoms with Crippen LogP contribution in [-0.2, 0) is 45.2 Å². The minimum Gasteiger partial charge on any atom is -0.480 e. The maximum atomic E-state index is 14.0. The smallest absolute Gasteiger partial charge is 0.357 e. The molecule has 2 bridgehead atoms. The number of likely N-dealkylation sites (N-methyl/N-ethyl adjacent to an activating group) is 1. The van der Waals surface area contributed by atoms with Gasteiger partial charge in [0.1, 0.15) is 28.3 Å². The number of nitrogens with zero attached hydrogens (tertiary/aromatic N) is 1. The van der Waals surface area contributed by atoms with Crippen LogP contribution >= 0.6 is 0 Å². The Balaban J connectivity index is 1.32. The maximum Gasteiger partial charge on any atom is 0.357 e. The van der Waals surface area contributed by atoms with E-state index in [2.05, 4.69) is 4.90 Å². The molecule has 2 aliphatic carbocycles. The van der Waals surface area contributed by atoms with Gasteiger partial charge in [-0.15, -0.1) is 0 Å². The summed E-state index contributed by atoms with van der Waals surface area (Å²) in [7, 11) is 1.99. The number of hydrogen-bond donors (Lipinski definition) is 1. The minimum atomic E-state index is -1.44. The number of likely N-dealkylation sites (tertiary alicyclic amines) is 1. The number of hydrogen-bond acceptors (Lipinski definition) is 11. The monoisotopic (exact) mass is 675 g/mol. The lowest BCUT2D eigenvalue weighted by Gasteiger charge is -2.61. The number of esters is 4. The highest BCUT2D eigenvalue weighted by atomic mass is 16.6. The van der Waals surface area contributed by atoms with E-state index in [0.29, 0.717) is 30.7 Å². The van der Waals surface area contributed by atoms with Crippen LogP contribution in [0.4, 0.5) is 0 Å². The van der Waals surface area contributed by atoms with Crippen molar-refractivity contribution in [3.05, 3.63) is 76.6 Å². The zero-order chi connectivity index (χ0) is 35.5. The van der Waals surface area contributed by atoms with E-state index in [1.165, 1.54) is 0 Å². The highest BCUT2D eigenvalue weighted by molar-refractivity contribution is 5.94. The Kier molecular flexibility index (Phi) is 8.68. The summed E-state index contributed by atoms with van der Waals surface area (Å²) in [6.45, 7) is 11.2. The average molecular weight is 676 g/mol. The summed E-state index contributed by atoms with van der Waals surface area (Å²) in [5.74, 6) is -2.25. The van der Waals surface area contributed by atoms with Crippen molar-refractivity contribution in [3.63, 3.8) is 0 Å². The van der Waals surface area contributed by atoms with Crippen molar-refractivity contribution in [2.45, 2.75) is 114 Å². The fraction of sp³-hybridized carbons (Fsp3) is 0.526. The molecule has 0 amide bonds. The van der Waals surface area contributed by atoms with Crippen molar-refractivity contribution in [1.29, 1.82) is 0 Å². The van der Waals surface area contributed by atoms with Crippen LogP contribution in [0, 0.1) is 0 Å². The normalized spacial score (nSPS) is 26.0. The summed E-state index contributed by atoms with van der Waals surface area (Å²) in [5, 5.41) is 12.6. The van der Waals surface area contributed by atoms with E-state index in [0.717, 1.165) is 11.1 Å². The Hall–Kier alpha value is -4.22. The van der Waals surface area contributed by atoms with Crippen LogP contribution < -0.4 is 4.74 Å². The number of aliphatic hydroxyl groups is 1. The average Bonchev–Trinajstić information content (AvgIpc) is 3.36. The van der Waals surface area contributed by atoms with E-state index in [9.17, 15) is 24.3 Å². The van der Waals surface area contributed by atoms with Gasteiger partial charge in [-0.1, -0.05) is 36.4 Å². The number of carbonyl (C=O) groups excluding carboxylic acids is 4. The third-order valence-electron chi connectivity index (χ3n) is 9.73. The molecule has 262 valence electrons. The second-order valence-electron chi connectivity index (χ2n) is 15.4. The Bertz CT molecular complexity index is 1700. The van der Waals surface area contributed by atoms with Gasteiger partial charge < -0.3 is 33.7 Å². The molecule has 5 atom stereocenters. The molecule has 2 heterocycles. The SMILES string of the molecule is CN1CC[C@]23c4c5ccc(C(=O)OC(C)(C)C)c4O[C@H]2C(OC(=O)[C@@H](OC(=O)CCC(=O)OC(C)(C)C)c2ccccc2)=CC[C@@]3(O)[C@H]1C5. The lowest BCUT2D eigenvalue weighted by molar-refractivity contribution is -0.177. The highest BCUT2D eigenvalue weighted by Gasteiger charge is 2.72. The second-order valence-corrected chi connectivity index (χ2v) is 15.4. The van der Waals surface area contributed by atoms with Crippen molar-refractivity contribution in [2.75, 3.05) is 13.6 Å². The zero-order valence-electron chi connectivity index (χ0n) is 29.2. The third kappa shape index (κ3) is 6.23. The van der Waals surface area contributed by atoms with Gasteiger partial charge in [0.15, 0.2) is 6.10 Å². The van der Waals surface area contributed by atoms with E-state index in [4.69, 9.17) is 23.7 Å². The van der Waals surface area contributed by atoms with Gasteiger partial charge in [-0.3, -0.25) is 9.59 Å². The fourth-order valence-electron chi connectivity index (χ4n) is 7.78. The summed E-state index contributed by atoms with van der Waals surface area (Å²) in [6, 6.07) is 11.8. The van der Waals surface area contributed by atoms with Crippen molar-refractivity contribution >= 4 is 23.9 Å². The fourth-order valence-corrected chi connectivity index (χ4v) is 7.78. The maximum absolute atomic E-state index is 14.0. The molecule has 1 N–H and O–H groups in total. The van der Waals surface area contributed by atoms with Crippen molar-refractivity contribution < 1.29 is 48.0 Å². The van der Waals surface area contributed by atoms with E-state index in [-0.39, 0.29) is 36.6 Å².